The van der Waals surface area contributed by atoms with Gasteiger partial charge in [-0.15, -0.1) is 23.2 Å². The van der Waals surface area contributed by atoms with E-state index in [4.69, 9.17) is 23.2 Å². The van der Waals surface area contributed by atoms with E-state index < -0.39 is 12.1 Å². The number of allylic oxidation sites excluding steroid dienone is 4. The van der Waals surface area contributed by atoms with Crippen molar-refractivity contribution in [2.75, 3.05) is 0 Å². The van der Waals surface area contributed by atoms with Crippen LogP contribution in [0.3, 0.4) is 0 Å². The van der Waals surface area contributed by atoms with Crippen molar-refractivity contribution in [3.8, 4) is 0 Å². The number of hydrogen-bond acceptors (Lipinski definition) is 2. The van der Waals surface area contributed by atoms with Gasteiger partial charge >= 0.3 is 0 Å². The van der Waals surface area contributed by atoms with Gasteiger partial charge in [-0.05, 0) is 61.2 Å². The van der Waals surface area contributed by atoms with Crippen molar-refractivity contribution in [2.24, 2.45) is 47.3 Å². The Hall–Kier alpha value is -0.740. The molecule has 0 radical (unpaired) electrons. The number of nitrogens with zero attached hydrogens (tertiary/aromatic N) is 2. The Labute approximate surface area is 163 Å². The fraction of sp³-hybridized carbons (Fsp3) is 0.800. The van der Waals surface area contributed by atoms with Gasteiger partial charge in [0, 0.05) is 21.6 Å². The fourth-order valence-electron chi connectivity index (χ4n) is 7.80. The fourth-order valence-corrected chi connectivity index (χ4v) is 8.94. The Kier molecular flexibility index (Phi) is 3.38. The third-order valence-corrected chi connectivity index (χ3v) is 9.92. The van der Waals surface area contributed by atoms with Crippen LogP contribution in [0.5, 0.6) is 0 Å². The lowest BCUT2D eigenvalue weighted by Crippen LogP contribution is -2.50. The number of alkyl halides is 2. The average molecular weight is 395 g/mol. The molecule has 4 bridgehead atoms. The molecule has 140 valence electrons. The molecule has 4 fully saturated rings. The quantitative estimate of drug-likeness (QED) is 0.232. The molecule has 0 saturated heterocycles. The minimum absolute atomic E-state index is 0.215. The zero-order chi connectivity index (χ0) is 17.7. The first kappa shape index (κ1) is 16.2. The highest BCUT2D eigenvalue weighted by atomic mass is 35.5. The number of rotatable bonds is 2. The van der Waals surface area contributed by atoms with Gasteiger partial charge in [-0.3, -0.25) is 0 Å². The van der Waals surface area contributed by atoms with Crippen LogP contribution in [0.1, 0.15) is 25.7 Å². The largest absolute Gasteiger partial charge is 0.567 e. The van der Waals surface area contributed by atoms with Crippen molar-refractivity contribution >= 4 is 23.2 Å². The lowest BCUT2D eigenvalue weighted by molar-refractivity contribution is -1.000. The molecule has 6 aliphatic carbocycles. The monoisotopic (exact) mass is 394 g/mol. The molecule has 4 nitrogen and oxygen atoms in total. The highest BCUT2D eigenvalue weighted by Crippen LogP contribution is 2.60. The van der Waals surface area contributed by atoms with Gasteiger partial charge in [0.1, 0.15) is 10.8 Å². The SMILES string of the molecule is [O-]/[N+](C1C(Cl)C2CC1C1C=CCC12)=[N+](\[O-])C1C(Cl)C2CC1C1C=CCC12. The minimum atomic E-state index is -0.402. The van der Waals surface area contributed by atoms with Gasteiger partial charge in [-0.25, -0.2) is 0 Å². The first-order valence-corrected chi connectivity index (χ1v) is 11.0. The van der Waals surface area contributed by atoms with Gasteiger partial charge in [0.25, 0.3) is 0 Å². The molecule has 0 aromatic heterocycles. The molecule has 0 N–H and O–H groups in total. The Bertz CT molecular complexity index is 677. The molecule has 4 saturated carbocycles. The van der Waals surface area contributed by atoms with E-state index in [9.17, 15) is 10.4 Å². The molecule has 0 spiro atoms. The van der Waals surface area contributed by atoms with Gasteiger partial charge in [-0.2, -0.15) is 0 Å². The summed E-state index contributed by atoms with van der Waals surface area (Å²) in [4.78, 5) is 1.41. The second-order valence-corrected chi connectivity index (χ2v) is 10.4. The lowest BCUT2D eigenvalue weighted by Gasteiger charge is -2.34. The molecule has 0 aliphatic heterocycles. The van der Waals surface area contributed by atoms with Crippen molar-refractivity contribution in [3.63, 3.8) is 0 Å². The molecule has 0 aromatic rings. The summed E-state index contributed by atoms with van der Waals surface area (Å²) >= 11 is 13.4. The molecular formula is C20H24Cl2N2O2. The average Bonchev–Trinajstić information content (AvgIpc) is 3.38. The Morgan fingerprint density at radius 1 is 0.654 bits per heavy atom. The van der Waals surface area contributed by atoms with Crippen LogP contribution in [0.4, 0.5) is 0 Å². The number of hydrogen-bond donors (Lipinski definition) is 0. The van der Waals surface area contributed by atoms with Gasteiger partial charge < -0.3 is 10.4 Å². The molecule has 0 aromatic carbocycles. The van der Waals surface area contributed by atoms with E-state index >= 15 is 0 Å². The van der Waals surface area contributed by atoms with Gasteiger partial charge in [0.05, 0.1) is 0 Å². The van der Waals surface area contributed by atoms with Crippen molar-refractivity contribution in [1.29, 1.82) is 0 Å². The van der Waals surface area contributed by atoms with Crippen LogP contribution in [0.25, 0.3) is 0 Å². The van der Waals surface area contributed by atoms with E-state index in [1.165, 1.54) is 0 Å². The molecule has 6 aliphatic rings. The minimum Gasteiger partial charge on any atom is -0.567 e. The molecular weight excluding hydrogens is 371 g/mol. The predicted octanol–water partition coefficient (Wildman–Crippen LogP) is 4.10. The van der Waals surface area contributed by atoms with E-state index in [1.54, 1.807) is 0 Å². The van der Waals surface area contributed by atoms with Gasteiger partial charge in [-0.1, -0.05) is 24.3 Å². The first-order valence-electron chi connectivity index (χ1n) is 10.1. The summed E-state index contributed by atoms with van der Waals surface area (Å²) in [7, 11) is 0. The number of halogens is 2. The first-order chi connectivity index (χ1) is 12.6. The van der Waals surface area contributed by atoms with Crippen molar-refractivity contribution in [3.05, 3.63) is 34.7 Å². The number of fused-ring (bicyclic) bond motifs is 10. The third-order valence-electron chi connectivity index (χ3n) is 8.75. The van der Waals surface area contributed by atoms with E-state index in [0.29, 0.717) is 45.2 Å². The smallest absolute Gasteiger partial charge is 0.249 e. The molecule has 12 unspecified atom stereocenters. The summed E-state index contributed by atoms with van der Waals surface area (Å²) in [5.41, 5.74) is 0. The summed E-state index contributed by atoms with van der Waals surface area (Å²) in [6, 6.07) is -0.804. The van der Waals surface area contributed by atoms with Gasteiger partial charge in [0.15, 0.2) is 0 Å². The topological polar surface area (TPSA) is 52.1 Å². The highest BCUT2D eigenvalue weighted by Gasteiger charge is 2.66. The zero-order valence-corrected chi connectivity index (χ0v) is 16.0. The molecule has 12 atom stereocenters. The van der Waals surface area contributed by atoms with Crippen LogP contribution < -0.4 is 0 Å². The van der Waals surface area contributed by atoms with Crippen LogP contribution in [0.2, 0.25) is 0 Å². The maximum Gasteiger partial charge on any atom is 0.249 e. The lowest BCUT2D eigenvalue weighted by atomic mass is 9.78. The summed E-state index contributed by atoms with van der Waals surface area (Å²) in [5, 5.41) is 25.9. The summed E-state index contributed by atoms with van der Waals surface area (Å²) in [6.45, 7) is 0. The second-order valence-electron chi connectivity index (χ2n) is 9.41. The normalized spacial score (nSPS) is 59.2. The summed E-state index contributed by atoms with van der Waals surface area (Å²) in [5.74, 6) is 3.19. The van der Waals surface area contributed by atoms with E-state index in [1.807, 2.05) is 0 Å². The van der Waals surface area contributed by atoms with E-state index in [-0.39, 0.29) is 22.6 Å². The highest BCUT2D eigenvalue weighted by molar-refractivity contribution is 6.21. The van der Waals surface area contributed by atoms with Gasteiger partial charge in [0.2, 0.25) is 12.1 Å². The maximum absolute atomic E-state index is 13.2. The van der Waals surface area contributed by atoms with Crippen LogP contribution in [-0.4, -0.2) is 32.6 Å². The number of hydroxylamine groups is 2. The van der Waals surface area contributed by atoms with Crippen LogP contribution in [0.15, 0.2) is 24.3 Å². The third kappa shape index (κ3) is 1.83. The maximum atomic E-state index is 13.2. The summed E-state index contributed by atoms with van der Waals surface area (Å²) in [6.07, 6.45) is 13.1. The number of azo groups is 1. The second kappa shape index (κ2) is 5.41. The van der Waals surface area contributed by atoms with E-state index in [2.05, 4.69) is 24.3 Å². The summed E-state index contributed by atoms with van der Waals surface area (Å²) < 4.78 is 0. The van der Waals surface area contributed by atoms with Crippen molar-refractivity contribution in [1.82, 2.24) is 0 Å². The zero-order valence-electron chi connectivity index (χ0n) is 14.5. The standard InChI is InChI=1S/C20H24Cl2N2O2/c21-17-13-7-15(11-5-1-3-9(11)13)19(17)23(25)24(26)20-16-8-14(18(20)22)10-4-2-6-12(10)16/h1-2,5-6,9-20H,3-4,7-8H2/b24-23-. The Morgan fingerprint density at radius 2 is 1.08 bits per heavy atom. The van der Waals surface area contributed by atoms with Crippen LogP contribution in [0, 0.1) is 57.8 Å². The molecule has 6 heteroatoms. The predicted molar refractivity (Wildman–Crippen MR) is 98.8 cm³/mol. The molecule has 0 heterocycles. The molecule has 6 rings (SSSR count). The van der Waals surface area contributed by atoms with Crippen molar-refractivity contribution in [2.45, 2.75) is 48.5 Å². The molecule has 26 heavy (non-hydrogen) atoms. The Balaban J connectivity index is 1.33. The molecule has 0 amide bonds. The Morgan fingerprint density at radius 3 is 1.50 bits per heavy atom. The van der Waals surface area contributed by atoms with Crippen LogP contribution >= 0.6 is 23.2 Å². The van der Waals surface area contributed by atoms with Crippen molar-refractivity contribution < 1.29 is 9.72 Å². The van der Waals surface area contributed by atoms with Crippen LogP contribution in [-0.2, 0) is 0 Å². The van der Waals surface area contributed by atoms with E-state index in [0.717, 1.165) is 25.7 Å².